The molecule has 0 amide bonds. The molecule has 1 aromatic carbocycles. The van der Waals surface area contributed by atoms with Crippen molar-refractivity contribution in [1.29, 1.82) is 0 Å². The summed E-state index contributed by atoms with van der Waals surface area (Å²) in [6, 6.07) is 9.29. The summed E-state index contributed by atoms with van der Waals surface area (Å²) in [7, 11) is 0. The number of aromatic nitrogens is 2. The predicted octanol–water partition coefficient (Wildman–Crippen LogP) is 2.22. The van der Waals surface area contributed by atoms with Crippen molar-refractivity contribution >= 4 is 11.6 Å². The molecular formula is C14H15ClN2O2. The zero-order valence-electron chi connectivity index (χ0n) is 10.4. The molecule has 100 valence electrons. The second kappa shape index (κ2) is 6.38. The molecule has 0 radical (unpaired) electrons. The van der Waals surface area contributed by atoms with Gasteiger partial charge in [-0.05, 0) is 18.4 Å². The highest BCUT2D eigenvalue weighted by atomic mass is 35.5. The van der Waals surface area contributed by atoms with E-state index in [2.05, 4.69) is 4.98 Å². The molecule has 1 aromatic heterocycles. The first kappa shape index (κ1) is 13.6. The minimum Gasteiger partial charge on any atom is -0.313 e. The topological polar surface area (TPSA) is 54.9 Å². The van der Waals surface area contributed by atoms with Crippen LogP contribution >= 0.6 is 11.6 Å². The van der Waals surface area contributed by atoms with Crippen LogP contribution in [0.5, 0.6) is 0 Å². The van der Waals surface area contributed by atoms with Gasteiger partial charge in [0, 0.05) is 18.6 Å². The Bertz CT molecular complexity index is 646. The van der Waals surface area contributed by atoms with Gasteiger partial charge < -0.3 is 4.98 Å². The zero-order chi connectivity index (χ0) is 13.7. The van der Waals surface area contributed by atoms with Crippen LogP contribution in [-0.4, -0.2) is 15.4 Å². The molecule has 0 aliphatic carbocycles. The molecule has 4 nitrogen and oxygen atoms in total. The number of hydrogen-bond acceptors (Lipinski definition) is 2. The Labute approximate surface area is 115 Å². The molecule has 0 atom stereocenters. The average molecular weight is 279 g/mol. The van der Waals surface area contributed by atoms with Crippen LogP contribution in [0.15, 0.2) is 46.1 Å². The van der Waals surface area contributed by atoms with Crippen LogP contribution in [0, 0.1) is 0 Å². The monoisotopic (exact) mass is 278 g/mol. The van der Waals surface area contributed by atoms with Gasteiger partial charge in [0.1, 0.15) is 0 Å². The number of alkyl halides is 1. The summed E-state index contributed by atoms with van der Waals surface area (Å²) in [5.41, 5.74) is 0.671. The van der Waals surface area contributed by atoms with Crippen LogP contribution < -0.4 is 11.2 Å². The van der Waals surface area contributed by atoms with Crippen molar-refractivity contribution in [2.24, 2.45) is 0 Å². The number of hydrogen-bond donors (Lipinski definition) is 1. The summed E-state index contributed by atoms with van der Waals surface area (Å²) in [4.78, 5) is 26.6. The molecular weight excluding hydrogens is 264 g/mol. The first-order valence-corrected chi connectivity index (χ1v) is 6.71. The van der Waals surface area contributed by atoms with E-state index >= 15 is 0 Å². The first-order valence-electron chi connectivity index (χ1n) is 6.18. The molecule has 5 heteroatoms. The Balaban J connectivity index is 2.40. The third-order valence-electron chi connectivity index (χ3n) is 2.91. The van der Waals surface area contributed by atoms with Gasteiger partial charge in [-0.1, -0.05) is 30.3 Å². The van der Waals surface area contributed by atoms with Crippen molar-refractivity contribution in [2.75, 3.05) is 5.88 Å². The van der Waals surface area contributed by atoms with E-state index in [4.69, 9.17) is 11.6 Å². The molecule has 0 aliphatic heterocycles. The van der Waals surface area contributed by atoms with Crippen molar-refractivity contribution in [3.05, 3.63) is 57.4 Å². The molecule has 1 N–H and O–H groups in total. The Hall–Kier alpha value is -1.81. The smallest absolute Gasteiger partial charge is 0.313 e. The molecule has 0 spiro atoms. The fraction of sp³-hybridized carbons (Fsp3) is 0.286. The van der Waals surface area contributed by atoms with Crippen LogP contribution in [-0.2, 0) is 6.54 Å². The third-order valence-corrected chi connectivity index (χ3v) is 3.18. The van der Waals surface area contributed by atoms with E-state index < -0.39 is 0 Å². The molecule has 2 aromatic rings. The van der Waals surface area contributed by atoms with E-state index in [1.165, 1.54) is 10.8 Å². The van der Waals surface area contributed by atoms with Gasteiger partial charge in [0.15, 0.2) is 0 Å². The standard InChI is InChI=1S/C14H15ClN2O2/c15-8-4-5-9-17-13(18)12(10-16-14(17)19)11-6-2-1-3-7-11/h1-3,6-7,10H,4-5,8-9H2,(H,16,19). The Morgan fingerprint density at radius 1 is 1.11 bits per heavy atom. The Morgan fingerprint density at radius 3 is 2.53 bits per heavy atom. The molecule has 0 fully saturated rings. The number of H-pyrrole nitrogens is 1. The highest BCUT2D eigenvalue weighted by Crippen LogP contribution is 2.12. The summed E-state index contributed by atoms with van der Waals surface area (Å²) in [5.74, 6) is 0.533. The SMILES string of the molecule is O=c1[nH]cc(-c2ccccc2)c(=O)n1CCCCCl. The summed E-state index contributed by atoms with van der Waals surface area (Å²) in [6.45, 7) is 0.390. The molecule has 0 saturated heterocycles. The minimum atomic E-state index is -0.376. The summed E-state index contributed by atoms with van der Waals surface area (Å²) in [6.07, 6.45) is 2.96. The van der Waals surface area contributed by atoms with Crippen molar-refractivity contribution in [1.82, 2.24) is 9.55 Å². The maximum absolute atomic E-state index is 12.3. The lowest BCUT2D eigenvalue weighted by Gasteiger charge is -2.06. The summed E-state index contributed by atoms with van der Waals surface area (Å²) < 4.78 is 1.23. The maximum atomic E-state index is 12.3. The first-order chi connectivity index (χ1) is 9.24. The number of halogens is 1. The van der Waals surface area contributed by atoms with Gasteiger partial charge in [-0.2, -0.15) is 0 Å². The molecule has 0 aliphatic rings. The van der Waals surface area contributed by atoms with Gasteiger partial charge in [0.25, 0.3) is 5.56 Å². The van der Waals surface area contributed by atoms with Crippen LogP contribution in [0.25, 0.3) is 11.1 Å². The molecule has 1 heterocycles. The number of unbranched alkanes of at least 4 members (excludes halogenated alkanes) is 1. The molecule has 0 saturated carbocycles. The molecule has 0 bridgehead atoms. The fourth-order valence-electron chi connectivity index (χ4n) is 1.90. The highest BCUT2D eigenvalue weighted by Gasteiger charge is 2.08. The van der Waals surface area contributed by atoms with E-state index in [0.29, 0.717) is 24.4 Å². The number of benzene rings is 1. The quantitative estimate of drug-likeness (QED) is 0.673. The largest absolute Gasteiger partial charge is 0.328 e. The van der Waals surface area contributed by atoms with E-state index in [9.17, 15) is 9.59 Å². The average Bonchev–Trinajstić information content (AvgIpc) is 2.43. The van der Waals surface area contributed by atoms with Gasteiger partial charge >= 0.3 is 5.69 Å². The molecule has 0 unspecified atom stereocenters. The van der Waals surface area contributed by atoms with Crippen molar-refractivity contribution in [2.45, 2.75) is 19.4 Å². The van der Waals surface area contributed by atoms with Crippen LogP contribution in [0.4, 0.5) is 0 Å². The van der Waals surface area contributed by atoms with Gasteiger partial charge in [-0.15, -0.1) is 11.6 Å². The lowest BCUT2D eigenvalue weighted by molar-refractivity contribution is 0.585. The number of nitrogens with zero attached hydrogens (tertiary/aromatic N) is 1. The number of nitrogens with one attached hydrogen (secondary N) is 1. The summed E-state index contributed by atoms with van der Waals surface area (Å²) >= 11 is 5.60. The maximum Gasteiger partial charge on any atom is 0.328 e. The summed E-state index contributed by atoms with van der Waals surface area (Å²) in [5, 5.41) is 0. The van der Waals surface area contributed by atoms with E-state index in [-0.39, 0.29) is 11.2 Å². The van der Waals surface area contributed by atoms with Crippen molar-refractivity contribution in [3.8, 4) is 11.1 Å². The van der Waals surface area contributed by atoms with E-state index in [1.807, 2.05) is 30.3 Å². The second-order valence-corrected chi connectivity index (χ2v) is 4.60. The van der Waals surface area contributed by atoms with Gasteiger partial charge in [0.05, 0.1) is 5.56 Å². The Morgan fingerprint density at radius 2 is 1.84 bits per heavy atom. The van der Waals surface area contributed by atoms with Gasteiger partial charge in [0.2, 0.25) is 0 Å². The highest BCUT2D eigenvalue weighted by molar-refractivity contribution is 6.17. The lowest BCUT2D eigenvalue weighted by atomic mass is 10.1. The van der Waals surface area contributed by atoms with E-state index in [0.717, 1.165) is 12.0 Å². The normalized spacial score (nSPS) is 10.6. The minimum absolute atomic E-state index is 0.260. The van der Waals surface area contributed by atoms with Crippen molar-refractivity contribution in [3.63, 3.8) is 0 Å². The third kappa shape index (κ3) is 3.15. The van der Waals surface area contributed by atoms with Crippen LogP contribution in [0.1, 0.15) is 12.8 Å². The predicted molar refractivity (Wildman–Crippen MR) is 76.7 cm³/mol. The number of aromatic amines is 1. The van der Waals surface area contributed by atoms with Crippen molar-refractivity contribution < 1.29 is 0 Å². The zero-order valence-corrected chi connectivity index (χ0v) is 11.2. The fourth-order valence-corrected chi connectivity index (χ4v) is 2.09. The second-order valence-electron chi connectivity index (χ2n) is 4.23. The molecule has 2 rings (SSSR count). The lowest BCUT2D eigenvalue weighted by Crippen LogP contribution is -2.35. The number of rotatable bonds is 5. The van der Waals surface area contributed by atoms with Gasteiger partial charge in [-0.25, -0.2) is 4.79 Å². The molecule has 19 heavy (non-hydrogen) atoms. The van der Waals surface area contributed by atoms with Crippen LogP contribution in [0.2, 0.25) is 0 Å². The van der Waals surface area contributed by atoms with E-state index in [1.54, 1.807) is 0 Å². The van der Waals surface area contributed by atoms with Gasteiger partial charge in [-0.3, -0.25) is 9.36 Å². The van der Waals surface area contributed by atoms with Crippen LogP contribution in [0.3, 0.4) is 0 Å². The Kier molecular flexibility index (Phi) is 4.58.